The quantitative estimate of drug-likeness (QED) is 0.253. The van der Waals surface area contributed by atoms with E-state index < -0.39 is 11.6 Å². The second-order valence-corrected chi connectivity index (χ2v) is 10.3. The van der Waals surface area contributed by atoms with E-state index in [2.05, 4.69) is 4.98 Å². The maximum Gasteiger partial charge on any atom is 0.348 e. The average molecular weight is 515 g/mol. The Morgan fingerprint density at radius 1 is 1.08 bits per heavy atom. The predicted octanol–water partition coefficient (Wildman–Crippen LogP) is 6.67. The molecule has 4 aromatic rings. The monoisotopic (exact) mass is 514 g/mol. The molecule has 1 saturated carbocycles. The third kappa shape index (κ3) is 5.98. The lowest BCUT2D eigenvalue weighted by Crippen LogP contribution is -2.43. The number of aromatic nitrogens is 2. The number of benzene rings is 2. The fraction of sp³-hybridized carbons (Fsp3) is 0.387. The molecule has 2 aromatic carbocycles. The van der Waals surface area contributed by atoms with Crippen molar-refractivity contribution in [1.29, 1.82) is 0 Å². The number of oxazole rings is 1. The van der Waals surface area contributed by atoms with Crippen LogP contribution in [0.3, 0.4) is 0 Å². The zero-order chi connectivity index (χ0) is 26.5. The summed E-state index contributed by atoms with van der Waals surface area (Å²) in [5.41, 5.74) is 1.20. The highest BCUT2D eigenvalue weighted by atomic mass is 16.5. The van der Waals surface area contributed by atoms with E-state index in [1.165, 1.54) is 19.3 Å². The first-order valence-corrected chi connectivity index (χ1v) is 13.3. The van der Waals surface area contributed by atoms with Gasteiger partial charge in [-0.15, -0.1) is 0 Å². The van der Waals surface area contributed by atoms with Crippen LogP contribution in [0.5, 0.6) is 11.5 Å². The van der Waals surface area contributed by atoms with E-state index in [-0.39, 0.29) is 6.42 Å². The molecule has 1 atom stereocenters. The summed E-state index contributed by atoms with van der Waals surface area (Å²) in [6.45, 7) is 4.05. The number of carboxylic acids is 1. The minimum absolute atomic E-state index is 0.204. The number of nitrogens with zero attached hydrogens (tertiary/aromatic N) is 2. The number of ether oxygens (including phenoxy) is 2. The summed E-state index contributed by atoms with van der Waals surface area (Å²) in [7, 11) is 0. The molecule has 7 heteroatoms. The van der Waals surface area contributed by atoms with E-state index in [0.717, 1.165) is 52.4 Å². The fourth-order valence-corrected chi connectivity index (χ4v) is 5.10. The molecule has 1 fully saturated rings. The molecule has 1 N–H and O–H groups in total. The van der Waals surface area contributed by atoms with E-state index in [1.54, 1.807) is 19.2 Å². The average Bonchev–Trinajstić information content (AvgIpc) is 3.30. The van der Waals surface area contributed by atoms with Crippen molar-refractivity contribution in [3.63, 3.8) is 0 Å². The first-order valence-electron chi connectivity index (χ1n) is 13.3. The van der Waals surface area contributed by atoms with Gasteiger partial charge in [0.05, 0.1) is 17.8 Å². The number of pyridine rings is 1. The Morgan fingerprint density at radius 2 is 1.84 bits per heavy atom. The van der Waals surface area contributed by atoms with Crippen molar-refractivity contribution in [3.8, 4) is 11.5 Å². The SMILES string of the molecule is Cc1oc(C2CCCCC2)nc1CCOc1ccc(CC(C)(Oc2ccc3ncccc3c2)C(=O)O)cc1. The first-order chi connectivity index (χ1) is 18.4. The molecule has 1 aliphatic carbocycles. The lowest BCUT2D eigenvalue weighted by Gasteiger charge is -2.26. The van der Waals surface area contributed by atoms with Gasteiger partial charge in [-0.05, 0) is 68.7 Å². The molecule has 38 heavy (non-hydrogen) atoms. The van der Waals surface area contributed by atoms with E-state index in [1.807, 2.05) is 55.5 Å². The molecule has 5 rings (SSSR count). The Kier molecular flexibility index (Phi) is 7.63. The van der Waals surface area contributed by atoms with Crippen molar-refractivity contribution in [2.75, 3.05) is 6.61 Å². The number of carbonyl (C=O) groups is 1. The maximum atomic E-state index is 12.2. The van der Waals surface area contributed by atoms with Crippen LogP contribution in [0.25, 0.3) is 10.9 Å². The summed E-state index contributed by atoms with van der Waals surface area (Å²) in [5, 5.41) is 10.9. The Labute approximate surface area is 222 Å². The number of fused-ring (bicyclic) bond motifs is 1. The van der Waals surface area contributed by atoms with Crippen LogP contribution in [0.1, 0.15) is 67.9 Å². The molecule has 2 heterocycles. The number of hydrogen-bond donors (Lipinski definition) is 1. The molecule has 0 amide bonds. The number of aliphatic carboxylic acids is 1. The van der Waals surface area contributed by atoms with Gasteiger partial charge in [-0.2, -0.15) is 0 Å². The van der Waals surface area contributed by atoms with Crippen LogP contribution in [0, 0.1) is 6.92 Å². The van der Waals surface area contributed by atoms with E-state index in [4.69, 9.17) is 18.9 Å². The zero-order valence-electron chi connectivity index (χ0n) is 22.0. The highest BCUT2D eigenvalue weighted by Crippen LogP contribution is 2.33. The Morgan fingerprint density at radius 3 is 2.61 bits per heavy atom. The molecule has 2 aromatic heterocycles. The summed E-state index contributed by atoms with van der Waals surface area (Å²) < 4.78 is 17.9. The predicted molar refractivity (Wildman–Crippen MR) is 145 cm³/mol. The van der Waals surface area contributed by atoms with Crippen LogP contribution in [0.4, 0.5) is 0 Å². The van der Waals surface area contributed by atoms with E-state index in [0.29, 0.717) is 24.7 Å². The topological polar surface area (TPSA) is 94.7 Å². The smallest absolute Gasteiger partial charge is 0.348 e. The molecule has 7 nitrogen and oxygen atoms in total. The molecule has 1 unspecified atom stereocenters. The fourth-order valence-electron chi connectivity index (χ4n) is 5.10. The largest absolute Gasteiger partial charge is 0.493 e. The Bertz CT molecular complexity index is 1390. The first kappa shape index (κ1) is 25.8. The van der Waals surface area contributed by atoms with Crippen LogP contribution < -0.4 is 9.47 Å². The number of aryl methyl sites for hydroxylation is 1. The van der Waals surface area contributed by atoms with Crippen molar-refractivity contribution < 1.29 is 23.8 Å². The minimum Gasteiger partial charge on any atom is -0.493 e. The van der Waals surface area contributed by atoms with Crippen molar-refractivity contribution in [3.05, 3.63) is 83.7 Å². The normalized spacial score (nSPS) is 15.7. The third-order valence-electron chi connectivity index (χ3n) is 7.31. The molecule has 0 aliphatic heterocycles. The summed E-state index contributed by atoms with van der Waals surface area (Å²) in [5.74, 6) is 2.39. The van der Waals surface area contributed by atoms with Crippen molar-refractivity contribution in [2.24, 2.45) is 0 Å². The standard InChI is InChI=1S/C31H34N2O5/c1-21-27(33-29(37-21)23-7-4-3-5-8-23)16-18-36-25-12-10-22(11-13-25)20-31(2,30(34)35)38-26-14-15-28-24(19-26)9-6-17-32-28/h6,9-15,17,19,23H,3-5,7-8,16,18,20H2,1-2H3,(H,34,35). The molecule has 0 radical (unpaired) electrons. The third-order valence-corrected chi connectivity index (χ3v) is 7.31. The van der Waals surface area contributed by atoms with E-state index >= 15 is 0 Å². The molecule has 0 bridgehead atoms. The van der Waals surface area contributed by atoms with Gasteiger partial charge in [0.15, 0.2) is 5.89 Å². The van der Waals surface area contributed by atoms with Gasteiger partial charge in [-0.3, -0.25) is 4.98 Å². The van der Waals surface area contributed by atoms with Gasteiger partial charge in [-0.1, -0.05) is 37.5 Å². The van der Waals surface area contributed by atoms with Crippen LogP contribution >= 0.6 is 0 Å². The number of carboxylic acid groups (broad SMARTS) is 1. The van der Waals surface area contributed by atoms with Gasteiger partial charge in [0.25, 0.3) is 0 Å². The van der Waals surface area contributed by atoms with Gasteiger partial charge in [0.2, 0.25) is 5.60 Å². The minimum atomic E-state index is -1.43. The Hall–Kier alpha value is -3.87. The lowest BCUT2D eigenvalue weighted by atomic mass is 9.89. The van der Waals surface area contributed by atoms with Gasteiger partial charge < -0.3 is 19.0 Å². The van der Waals surface area contributed by atoms with E-state index in [9.17, 15) is 9.90 Å². The maximum absolute atomic E-state index is 12.2. The van der Waals surface area contributed by atoms with Crippen molar-refractivity contribution in [2.45, 2.75) is 70.3 Å². The molecular weight excluding hydrogens is 480 g/mol. The van der Waals surface area contributed by atoms with Gasteiger partial charge in [-0.25, -0.2) is 9.78 Å². The van der Waals surface area contributed by atoms with Crippen molar-refractivity contribution in [1.82, 2.24) is 9.97 Å². The summed E-state index contributed by atoms with van der Waals surface area (Å²) in [4.78, 5) is 21.3. The summed E-state index contributed by atoms with van der Waals surface area (Å²) >= 11 is 0. The summed E-state index contributed by atoms with van der Waals surface area (Å²) in [6.07, 6.45) is 8.73. The Balaban J connectivity index is 1.18. The second-order valence-electron chi connectivity index (χ2n) is 10.3. The van der Waals surface area contributed by atoms with Crippen LogP contribution in [-0.2, 0) is 17.6 Å². The van der Waals surface area contributed by atoms with Crippen LogP contribution in [0.2, 0.25) is 0 Å². The van der Waals surface area contributed by atoms with Crippen LogP contribution in [0.15, 0.2) is 65.2 Å². The summed E-state index contributed by atoms with van der Waals surface area (Å²) in [6, 6.07) is 16.7. The van der Waals surface area contributed by atoms with Gasteiger partial charge in [0, 0.05) is 30.3 Å². The molecule has 1 aliphatic rings. The number of rotatable bonds is 10. The zero-order valence-corrected chi connectivity index (χ0v) is 22.0. The highest BCUT2D eigenvalue weighted by molar-refractivity contribution is 5.81. The van der Waals surface area contributed by atoms with Gasteiger partial charge >= 0.3 is 5.97 Å². The highest BCUT2D eigenvalue weighted by Gasteiger charge is 2.36. The molecular formula is C31H34N2O5. The number of hydrogen-bond acceptors (Lipinski definition) is 6. The second kappa shape index (κ2) is 11.3. The lowest BCUT2D eigenvalue weighted by molar-refractivity contribution is -0.153. The van der Waals surface area contributed by atoms with Crippen LogP contribution in [-0.4, -0.2) is 33.3 Å². The van der Waals surface area contributed by atoms with Crippen molar-refractivity contribution >= 4 is 16.9 Å². The molecule has 198 valence electrons. The van der Waals surface area contributed by atoms with Gasteiger partial charge in [0.1, 0.15) is 17.3 Å². The molecule has 0 spiro atoms. The molecule has 0 saturated heterocycles.